The van der Waals surface area contributed by atoms with Crippen molar-refractivity contribution in [2.24, 2.45) is 0 Å². The SMILES string of the molecule is CNc1c(C)cc(N)nc1C. The minimum absolute atomic E-state index is 0.582. The molecule has 0 aromatic carbocycles. The molecule has 1 aromatic heterocycles. The van der Waals surface area contributed by atoms with E-state index in [1.807, 2.05) is 27.0 Å². The van der Waals surface area contributed by atoms with Crippen LogP contribution in [0.25, 0.3) is 0 Å². The van der Waals surface area contributed by atoms with Crippen LogP contribution >= 0.6 is 0 Å². The van der Waals surface area contributed by atoms with Gasteiger partial charge in [0.15, 0.2) is 0 Å². The van der Waals surface area contributed by atoms with Crippen LogP contribution in [0.5, 0.6) is 0 Å². The molecule has 0 spiro atoms. The molecule has 60 valence electrons. The molecule has 0 radical (unpaired) electrons. The smallest absolute Gasteiger partial charge is 0.124 e. The molecule has 0 saturated heterocycles. The van der Waals surface area contributed by atoms with Gasteiger partial charge in [-0.2, -0.15) is 0 Å². The Kier molecular flexibility index (Phi) is 1.98. The van der Waals surface area contributed by atoms with E-state index in [1.165, 1.54) is 0 Å². The van der Waals surface area contributed by atoms with Crippen molar-refractivity contribution in [2.75, 3.05) is 18.1 Å². The quantitative estimate of drug-likeness (QED) is 0.636. The fraction of sp³-hybridized carbons (Fsp3) is 0.375. The molecular weight excluding hydrogens is 138 g/mol. The number of nitrogens with zero attached hydrogens (tertiary/aromatic N) is 1. The summed E-state index contributed by atoms with van der Waals surface area (Å²) in [4.78, 5) is 4.12. The molecule has 0 unspecified atom stereocenters. The topological polar surface area (TPSA) is 50.9 Å². The number of aryl methyl sites for hydroxylation is 2. The highest BCUT2D eigenvalue weighted by Gasteiger charge is 2.01. The largest absolute Gasteiger partial charge is 0.386 e. The van der Waals surface area contributed by atoms with E-state index < -0.39 is 0 Å². The summed E-state index contributed by atoms with van der Waals surface area (Å²) >= 11 is 0. The molecule has 1 aromatic rings. The van der Waals surface area contributed by atoms with E-state index in [0.717, 1.165) is 16.9 Å². The third-order valence-corrected chi connectivity index (χ3v) is 1.67. The van der Waals surface area contributed by atoms with Gasteiger partial charge in [0.2, 0.25) is 0 Å². The fourth-order valence-corrected chi connectivity index (χ4v) is 1.24. The average molecular weight is 151 g/mol. The lowest BCUT2D eigenvalue weighted by Crippen LogP contribution is -2.00. The molecule has 3 heteroatoms. The number of hydrogen-bond donors (Lipinski definition) is 2. The fourth-order valence-electron chi connectivity index (χ4n) is 1.24. The van der Waals surface area contributed by atoms with Gasteiger partial charge in [-0.05, 0) is 25.5 Å². The predicted molar refractivity (Wildman–Crippen MR) is 47.7 cm³/mol. The summed E-state index contributed by atoms with van der Waals surface area (Å²) in [5, 5.41) is 3.07. The van der Waals surface area contributed by atoms with Crippen molar-refractivity contribution in [3.05, 3.63) is 17.3 Å². The zero-order valence-electron chi connectivity index (χ0n) is 7.10. The lowest BCUT2D eigenvalue weighted by molar-refractivity contribution is 1.18. The van der Waals surface area contributed by atoms with Crippen LogP contribution in [-0.4, -0.2) is 12.0 Å². The summed E-state index contributed by atoms with van der Waals surface area (Å²) in [6, 6.07) is 1.86. The molecular formula is C8H13N3. The Hall–Kier alpha value is -1.25. The van der Waals surface area contributed by atoms with Crippen LogP contribution in [0.4, 0.5) is 11.5 Å². The van der Waals surface area contributed by atoms with E-state index >= 15 is 0 Å². The Morgan fingerprint density at radius 3 is 2.55 bits per heavy atom. The second-order valence-electron chi connectivity index (χ2n) is 2.57. The van der Waals surface area contributed by atoms with Crippen molar-refractivity contribution < 1.29 is 0 Å². The summed E-state index contributed by atoms with van der Waals surface area (Å²) in [5.41, 5.74) is 8.70. The number of nitrogens with two attached hydrogens (primary N) is 1. The molecule has 0 bridgehead atoms. The maximum absolute atomic E-state index is 5.54. The summed E-state index contributed by atoms with van der Waals surface area (Å²) in [5.74, 6) is 0.582. The Balaban J connectivity index is 3.25. The minimum Gasteiger partial charge on any atom is -0.386 e. The number of aromatic nitrogens is 1. The first kappa shape index (κ1) is 7.85. The highest BCUT2D eigenvalue weighted by Crippen LogP contribution is 2.18. The van der Waals surface area contributed by atoms with Gasteiger partial charge in [-0.25, -0.2) is 4.98 Å². The van der Waals surface area contributed by atoms with Gasteiger partial charge in [0.25, 0.3) is 0 Å². The molecule has 11 heavy (non-hydrogen) atoms. The molecule has 0 aliphatic heterocycles. The Labute approximate surface area is 66.6 Å². The molecule has 3 nitrogen and oxygen atoms in total. The van der Waals surface area contributed by atoms with Gasteiger partial charge >= 0.3 is 0 Å². The van der Waals surface area contributed by atoms with Crippen molar-refractivity contribution in [1.29, 1.82) is 0 Å². The van der Waals surface area contributed by atoms with Crippen molar-refractivity contribution in [2.45, 2.75) is 13.8 Å². The number of hydrogen-bond acceptors (Lipinski definition) is 3. The maximum Gasteiger partial charge on any atom is 0.124 e. The molecule has 1 rings (SSSR count). The van der Waals surface area contributed by atoms with Crippen molar-refractivity contribution >= 4 is 11.5 Å². The summed E-state index contributed by atoms with van der Waals surface area (Å²) in [7, 11) is 1.88. The van der Waals surface area contributed by atoms with E-state index in [1.54, 1.807) is 0 Å². The molecule has 0 fully saturated rings. The van der Waals surface area contributed by atoms with Gasteiger partial charge in [-0.3, -0.25) is 0 Å². The van der Waals surface area contributed by atoms with Crippen LogP contribution in [0.1, 0.15) is 11.3 Å². The summed E-state index contributed by atoms with van der Waals surface area (Å²) < 4.78 is 0. The summed E-state index contributed by atoms with van der Waals surface area (Å²) in [6.45, 7) is 3.95. The highest BCUT2D eigenvalue weighted by molar-refractivity contribution is 5.57. The monoisotopic (exact) mass is 151 g/mol. The van der Waals surface area contributed by atoms with Crippen LogP contribution in [0.2, 0.25) is 0 Å². The van der Waals surface area contributed by atoms with Crippen LogP contribution in [0.15, 0.2) is 6.07 Å². The first-order valence-corrected chi connectivity index (χ1v) is 3.56. The molecule has 0 aliphatic rings. The van der Waals surface area contributed by atoms with Crippen LogP contribution in [0, 0.1) is 13.8 Å². The Morgan fingerprint density at radius 2 is 2.09 bits per heavy atom. The van der Waals surface area contributed by atoms with E-state index in [0.29, 0.717) is 5.82 Å². The predicted octanol–water partition coefficient (Wildman–Crippen LogP) is 1.32. The van der Waals surface area contributed by atoms with Crippen molar-refractivity contribution in [1.82, 2.24) is 4.98 Å². The first-order chi connectivity index (χ1) is 5.15. The normalized spacial score (nSPS) is 9.73. The molecule has 0 saturated carbocycles. The molecule has 0 aliphatic carbocycles. The number of nitrogen functional groups attached to an aromatic ring is 1. The lowest BCUT2D eigenvalue weighted by atomic mass is 10.2. The van der Waals surface area contributed by atoms with Gasteiger partial charge in [-0.15, -0.1) is 0 Å². The zero-order chi connectivity index (χ0) is 8.43. The number of pyridine rings is 1. The highest BCUT2D eigenvalue weighted by atomic mass is 14.9. The van der Waals surface area contributed by atoms with Crippen molar-refractivity contribution in [3.63, 3.8) is 0 Å². The minimum atomic E-state index is 0.582. The van der Waals surface area contributed by atoms with Gasteiger partial charge in [-0.1, -0.05) is 0 Å². The maximum atomic E-state index is 5.54. The van der Waals surface area contributed by atoms with E-state index in [9.17, 15) is 0 Å². The van der Waals surface area contributed by atoms with Gasteiger partial charge in [0.05, 0.1) is 11.4 Å². The van der Waals surface area contributed by atoms with Crippen LogP contribution < -0.4 is 11.1 Å². The summed E-state index contributed by atoms with van der Waals surface area (Å²) in [6.07, 6.45) is 0. The molecule has 0 atom stereocenters. The standard InChI is InChI=1S/C8H13N3/c1-5-4-7(9)11-6(2)8(5)10-3/h4,10H,1-3H3,(H2,9,11). The average Bonchev–Trinajstić information content (AvgIpc) is 1.85. The Morgan fingerprint density at radius 1 is 1.45 bits per heavy atom. The molecule has 1 heterocycles. The van der Waals surface area contributed by atoms with Crippen LogP contribution in [-0.2, 0) is 0 Å². The van der Waals surface area contributed by atoms with Gasteiger partial charge in [0.1, 0.15) is 5.82 Å². The third kappa shape index (κ3) is 1.42. The molecule has 0 amide bonds. The number of nitrogens with one attached hydrogen (secondary N) is 1. The first-order valence-electron chi connectivity index (χ1n) is 3.56. The second kappa shape index (κ2) is 2.78. The van der Waals surface area contributed by atoms with E-state index in [4.69, 9.17) is 5.73 Å². The molecule has 3 N–H and O–H groups in total. The second-order valence-corrected chi connectivity index (χ2v) is 2.57. The van der Waals surface area contributed by atoms with Crippen LogP contribution in [0.3, 0.4) is 0 Å². The number of rotatable bonds is 1. The van der Waals surface area contributed by atoms with Gasteiger partial charge in [0, 0.05) is 7.05 Å². The van der Waals surface area contributed by atoms with Crippen molar-refractivity contribution in [3.8, 4) is 0 Å². The lowest BCUT2D eigenvalue weighted by Gasteiger charge is -2.08. The van der Waals surface area contributed by atoms with Gasteiger partial charge < -0.3 is 11.1 Å². The number of anilines is 2. The Bertz CT molecular complexity index is 245. The zero-order valence-corrected chi connectivity index (χ0v) is 7.10. The third-order valence-electron chi connectivity index (χ3n) is 1.67. The van der Waals surface area contributed by atoms with E-state index in [-0.39, 0.29) is 0 Å². The van der Waals surface area contributed by atoms with E-state index in [2.05, 4.69) is 10.3 Å².